The summed E-state index contributed by atoms with van der Waals surface area (Å²) in [5.74, 6) is 1.01. The fourth-order valence-corrected chi connectivity index (χ4v) is 2.96. The molecule has 7 nitrogen and oxygen atoms in total. The molecule has 3 rings (SSSR count). The second-order valence-electron chi connectivity index (χ2n) is 8.05. The summed E-state index contributed by atoms with van der Waals surface area (Å²) in [6.45, 7) is 8.97. The van der Waals surface area contributed by atoms with E-state index >= 15 is 0 Å². The number of aromatic nitrogens is 3. The quantitative estimate of drug-likeness (QED) is 0.809. The molecule has 1 fully saturated rings. The third kappa shape index (κ3) is 4.87. The number of hydrogen-bond acceptors (Lipinski definition) is 6. The van der Waals surface area contributed by atoms with E-state index in [4.69, 9.17) is 14.2 Å². The Morgan fingerprint density at radius 2 is 1.89 bits per heavy atom. The van der Waals surface area contributed by atoms with Crippen molar-refractivity contribution in [2.45, 2.75) is 39.7 Å². The lowest BCUT2D eigenvalue weighted by Crippen LogP contribution is -2.37. The van der Waals surface area contributed by atoms with Crippen molar-refractivity contribution in [3.8, 4) is 5.75 Å². The van der Waals surface area contributed by atoms with E-state index < -0.39 is 5.41 Å². The average molecular weight is 373 g/mol. The van der Waals surface area contributed by atoms with E-state index in [0.717, 1.165) is 11.3 Å². The van der Waals surface area contributed by atoms with E-state index in [9.17, 15) is 5.11 Å². The van der Waals surface area contributed by atoms with Crippen LogP contribution in [0.3, 0.4) is 0 Å². The molecule has 0 radical (unpaired) electrons. The van der Waals surface area contributed by atoms with Gasteiger partial charge in [0, 0.05) is 6.42 Å². The van der Waals surface area contributed by atoms with Crippen LogP contribution >= 0.6 is 0 Å². The highest BCUT2D eigenvalue weighted by molar-refractivity contribution is 5.53. The van der Waals surface area contributed by atoms with Crippen molar-refractivity contribution in [2.24, 2.45) is 5.41 Å². The average Bonchev–Trinajstić information content (AvgIpc) is 3.14. The maximum atomic E-state index is 11.0. The topological polar surface area (TPSA) is 78.6 Å². The van der Waals surface area contributed by atoms with Crippen LogP contribution < -0.4 is 4.74 Å². The molecule has 1 N–H and O–H groups in total. The van der Waals surface area contributed by atoms with Gasteiger partial charge in [-0.2, -0.15) is 5.10 Å². The van der Waals surface area contributed by atoms with Gasteiger partial charge in [0.25, 0.3) is 0 Å². The zero-order valence-electron chi connectivity index (χ0n) is 16.3. The molecule has 0 amide bonds. The van der Waals surface area contributed by atoms with Crippen LogP contribution in [-0.2, 0) is 15.9 Å². The highest BCUT2D eigenvalue weighted by Crippen LogP contribution is 2.33. The number of rotatable bonds is 5. The highest BCUT2D eigenvalue weighted by Gasteiger charge is 2.36. The maximum absolute atomic E-state index is 11.0. The van der Waals surface area contributed by atoms with E-state index in [0.29, 0.717) is 25.3 Å². The van der Waals surface area contributed by atoms with Crippen LogP contribution in [0.25, 0.3) is 5.70 Å². The first-order chi connectivity index (χ1) is 12.8. The monoisotopic (exact) mass is 373 g/mol. The number of allylic oxidation sites excluding steroid dienone is 1. The van der Waals surface area contributed by atoms with Gasteiger partial charge in [0.2, 0.25) is 0 Å². The van der Waals surface area contributed by atoms with E-state index in [1.165, 1.54) is 6.33 Å². The van der Waals surface area contributed by atoms with Crippen LogP contribution in [0.15, 0.2) is 42.7 Å². The van der Waals surface area contributed by atoms with Crippen molar-refractivity contribution in [2.75, 3.05) is 20.0 Å². The zero-order chi connectivity index (χ0) is 19.5. The summed E-state index contributed by atoms with van der Waals surface area (Å²) >= 11 is 0. The van der Waals surface area contributed by atoms with Crippen LogP contribution in [0.2, 0.25) is 0 Å². The first-order valence-corrected chi connectivity index (χ1v) is 8.98. The van der Waals surface area contributed by atoms with Gasteiger partial charge in [-0.25, -0.2) is 9.67 Å². The standard InChI is InChI=1S/C20H27N3O4/c1-19(2,3)27-16-7-5-15(6-8-16)9-17(23-13-21-12-22-23)18(24)20(4)10-25-14-26-11-20/h5-8,12-13,24H,9-11,14H2,1-4H3/b18-17+. The Bertz CT molecular complexity index is 771. The first kappa shape index (κ1) is 19.4. The molecule has 27 heavy (non-hydrogen) atoms. The SMILES string of the molecule is CC(C)(C)Oc1ccc(C/C(=C(\O)C2(C)COCOC2)n2cncn2)cc1. The van der Waals surface area contributed by atoms with Crippen molar-refractivity contribution in [3.05, 3.63) is 48.2 Å². The summed E-state index contributed by atoms with van der Waals surface area (Å²) in [6.07, 6.45) is 3.51. The van der Waals surface area contributed by atoms with Gasteiger partial charge in [-0.15, -0.1) is 0 Å². The minimum absolute atomic E-state index is 0.197. The van der Waals surface area contributed by atoms with Gasteiger partial charge in [0.1, 0.15) is 36.6 Å². The smallest absolute Gasteiger partial charge is 0.146 e. The molecule has 0 bridgehead atoms. The Kier molecular flexibility index (Phi) is 5.53. The minimum Gasteiger partial charge on any atom is -0.510 e. The Hall–Kier alpha value is -2.38. The molecule has 0 saturated carbocycles. The van der Waals surface area contributed by atoms with Crippen LogP contribution in [0.4, 0.5) is 0 Å². The molecule has 7 heteroatoms. The third-order valence-electron chi connectivity index (χ3n) is 4.27. The van der Waals surface area contributed by atoms with E-state index in [-0.39, 0.29) is 18.2 Å². The Labute approximate surface area is 159 Å². The molecular formula is C20H27N3O4. The van der Waals surface area contributed by atoms with E-state index in [2.05, 4.69) is 10.1 Å². The van der Waals surface area contributed by atoms with Gasteiger partial charge in [-0.1, -0.05) is 12.1 Å². The largest absolute Gasteiger partial charge is 0.510 e. The molecule has 0 atom stereocenters. The van der Waals surface area contributed by atoms with Gasteiger partial charge >= 0.3 is 0 Å². The molecule has 2 heterocycles. The van der Waals surface area contributed by atoms with Gasteiger partial charge < -0.3 is 19.3 Å². The van der Waals surface area contributed by atoms with E-state index in [1.807, 2.05) is 52.0 Å². The number of hydrogen-bond donors (Lipinski definition) is 1. The van der Waals surface area contributed by atoms with Crippen molar-refractivity contribution in [3.63, 3.8) is 0 Å². The lowest BCUT2D eigenvalue weighted by atomic mass is 9.87. The van der Waals surface area contributed by atoms with Gasteiger partial charge in [-0.05, 0) is 45.4 Å². The molecule has 0 aliphatic carbocycles. The van der Waals surface area contributed by atoms with Crippen molar-refractivity contribution < 1.29 is 19.3 Å². The maximum Gasteiger partial charge on any atom is 0.146 e. The molecule has 2 aromatic rings. The molecule has 1 aromatic heterocycles. The van der Waals surface area contributed by atoms with Crippen LogP contribution in [0.5, 0.6) is 5.75 Å². The summed E-state index contributed by atoms with van der Waals surface area (Å²) in [4.78, 5) is 4.01. The Morgan fingerprint density at radius 1 is 1.22 bits per heavy atom. The van der Waals surface area contributed by atoms with E-state index in [1.54, 1.807) is 11.0 Å². The summed E-state index contributed by atoms with van der Waals surface area (Å²) in [7, 11) is 0. The Balaban J connectivity index is 1.88. The molecule has 1 aliphatic heterocycles. The predicted molar refractivity (Wildman–Crippen MR) is 101 cm³/mol. The first-order valence-electron chi connectivity index (χ1n) is 8.98. The van der Waals surface area contributed by atoms with Crippen molar-refractivity contribution in [1.82, 2.24) is 14.8 Å². The molecule has 0 unspecified atom stereocenters. The fourth-order valence-electron chi connectivity index (χ4n) is 2.96. The lowest BCUT2D eigenvalue weighted by molar-refractivity contribution is -0.155. The van der Waals surface area contributed by atoms with Gasteiger partial charge in [0.05, 0.1) is 24.3 Å². The molecule has 1 aliphatic rings. The van der Waals surface area contributed by atoms with Gasteiger partial charge in [-0.3, -0.25) is 0 Å². The minimum atomic E-state index is -0.630. The zero-order valence-corrected chi connectivity index (χ0v) is 16.3. The number of nitrogens with zero attached hydrogens (tertiary/aromatic N) is 3. The van der Waals surface area contributed by atoms with Crippen molar-refractivity contribution in [1.29, 1.82) is 0 Å². The second-order valence-corrected chi connectivity index (χ2v) is 8.05. The molecule has 146 valence electrons. The lowest BCUT2D eigenvalue weighted by Gasteiger charge is -2.33. The second kappa shape index (κ2) is 7.70. The number of aliphatic hydroxyl groups is 1. The fraction of sp³-hybridized carbons (Fsp3) is 0.500. The summed E-state index contributed by atoms with van der Waals surface area (Å²) < 4.78 is 18.3. The van der Waals surface area contributed by atoms with Crippen LogP contribution in [0.1, 0.15) is 33.3 Å². The van der Waals surface area contributed by atoms with Gasteiger partial charge in [0.15, 0.2) is 0 Å². The third-order valence-corrected chi connectivity index (χ3v) is 4.27. The Morgan fingerprint density at radius 3 is 2.44 bits per heavy atom. The number of aliphatic hydroxyl groups excluding tert-OH is 1. The molecule has 1 aromatic carbocycles. The molecule has 0 spiro atoms. The normalized spacial score (nSPS) is 18.1. The number of ether oxygens (including phenoxy) is 3. The van der Waals surface area contributed by atoms with Crippen molar-refractivity contribution >= 4 is 5.70 Å². The van der Waals surface area contributed by atoms with Crippen LogP contribution in [0, 0.1) is 5.41 Å². The molecular weight excluding hydrogens is 346 g/mol. The summed E-state index contributed by atoms with van der Waals surface area (Å²) in [5.41, 5.74) is 0.791. The summed E-state index contributed by atoms with van der Waals surface area (Å²) in [5, 5.41) is 15.2. The molecule has 1 saturated heterocycles. The predicted octanol–water partition coefficient (Wildman–Crippen LogP) is 3.44. The summed E-state index contributed by atoms with van der Waals surface area (Å²) in [6, 6.07) is 7.85. The highest BCUT2D eigenvalue weighted by atomic mass is 16.7. The van der Waals surface area contributed by atoms with Crippen LogP contribution in [-0.4, -0.2) is 45.5 Å². The number of benzene rings is 1.